The summed E-state index contributed by atoms with van der Waals surface area (Å²) in [4.78, 5) is 4.28. The van der Waals surface area contributed by atoms with Crippen molar-refractivity contribution in [2.45, 2.75) is 37.3 Å². The molecule has 3 N–H and O–H groups in total. The number of hydrogen-bond acceptors (Lipinski definition) is 4. The first-order chi connectivity index (χ1) is 6.60. The van der Waals surface area contributed by atoms with Gasteiger partial charge in [0, 0.05) is 11.4 Å². The minimum atomic E-state index is -0.730. The third-order valence-electron chi connectivity index (χ3n) is 2.73. The number of halogens is 1. The van der Waals surface area contributed by atoms with E-state index in [1.807, 2.05) is 5.38 Å². The molecule has 2 rings (SSSR count). The molecule has 0 saturated heterocycles. The monoisotopic (exact) mass is 276 g/mol. The number of rotatable bonds is 1. The molecule has 0 unspecified atom stereocenters. The zero-order valence-corrected chi connectivity index (χ0v) is 10.1. The van der Waals surface area contributed by atoms with Crippen LogP contribution < -0.4 is 5.73 Å². The van der Waals surface area contributed by atoms with Crippen LogP contribution in [0.2, 0.25) is 0 Å². The van der Waals surface area contributed by atoms with Crippen molar-refractivity contribution in [3.8, 4) is 0 Å². The lowest BCUT2D eigenvalue weighted by atomic mass is 9.83. The van der Waals surface area contributed by atoms with Crippen molar-refractivity contribution in [2.24, 2.45) is 5.73 Å². The molecule has 1 fully saturated rings. The summed E-state index contributed by atoms with van der Waals surface area (Å²) in [5, 5.41) is 13.1. The van der Waals surface area contributed by atoms with Gasteiger partial charge < -0.3 is 10.8 Å². The van der Waals surface area contributed by atoms with Gasteiger partial charge in [0.05, 0.1) is 0 Å². The van der Waals surface area contributed by atoms with Gasteiger partial charge >= 0.3 is 0 Å². The zero-order valence-electron chi connectivity index (χ0n) is 7.74. The minimum Gasteiger partial charge on any atom is -0.383 e. The lowest BCUT2D eigenvalue weighted by Crippen LogP contribution is -2.36. The average molecular weight is 277 g/mol. The second kappa shape index (κ2) is 3.89. The Morgan fingerprint density at radius 3 is 2.71 bits per heavy atom. The maximum Gasteiger partial charge on any atom is 0.126 e. The van der Waals surface area contributed by atoms with Crippen molar-refractivity contribution in [3.63, 3.8) is 0 Å². The minimum absolute atomic E-state index is 0.249. The van der Waals surface area contributed by atoms with Gasteiger partial charge in [-0.15, -0.1) is 11.3 Å². The van der Waals surface area contributed by atoms with Crippen LogP contribution in [0.1, 0.15) is 30.7 Å². The molecule has 0 bridgehead atoms. The molecule has 0 amide bonds. The third-order valence-corrected chi connectivity index (χ3v) is 4.48. The largest absolute Gasteiger partial charge is 0.383 e. The van der Waals surface area contributed by atoms with Crippen LogP contribution in [-0.4, -0.2) is 16.1 Å². The fourth-order valence-electron chi connectivity index (χ4n) is 1.80. The molecule has 3 nitrogen and oxygen atoms in total. The van der Waals surface area contributed by atoms with Gasteiger partial charge in [0.15, 0.2) is 0 Å². The number of aliphatic hydroxyl groups is 1. The summed E-state index contributed by atoms with van der Waals surface area (Å²) in [6.45, 7) is 0. The zero-order chi connectivity index (χ0) is 10.2. The standard InChI is InChI=1S/C9H13BrN2OS/c10-7-5-14-8(12-7)9(13)3-1-6(11)2-4-9/h5-6,13H,1-4,11H2. The molecule has 5 heteroatoms. The van der Waals surface area contributed by atoms with Gasteiger partial charge in [0.25, 0.3) is 0 Å². The molecule has 14 heavy (non-hydrogen) atoms. The van der Waals surface area contributed by atoms with Crippen molar-refractivity contribution in [1.82, 2.24) is 4.98 Å². The van der Waals surface area contributed by atoms with E-state index >= 15 is 0 Å². The Hall–Kier alpha value is 0.0300. The van der Waals surface area contributed by atoms with Gasteiger partial charge in [-0.25, -0.2) is 4.98 Å². The molecule has 0 aromatic carbocycles. The number of aromatic nitrogens is 1. The molecule has 1 heterocycles. The van der Waals surface area contributed by atoms with Gasteiger partial charge in [-0.1, -0.05) is 0 Å². The SMILES string of the molecule is NC1CCC(O)(c2nc(Br)cs2)CC1. The van der Waals surface area contributed by atoms with E-state index in [4.69, 9.17) is 5.73 Å². The Bertz CT molecular complexity index is 320. The van der Waals surface area contributed by atoms with Gasteiger partial charge in [-0.3, -0.25) is 0 Å². The maximum atomic E-state index is 10.3. The quantitative estimate of drug-likeness (QED) is 0.825. The highest BCUT2D eigenvalue weighted by atomic mass is 79.9. The molecule has 1 saturated carbocycles. The lowest BCUT2D eigenvalue weighted by molar-refractivity contribution is -0.00522. The number of hydrogen-bond donors (Lipinski definition) is 2. The predicted molar refractivity (Wildman–Crippen MR) is 60.2 cm³/mol. The van der Waals surface area contributed by atoms with E-state index in [2.05, 4.69) is 20.9 Å². The summed E-state index contributed by atoms with van der Waals surface area (Å²) in [5.74, 6) is 0. The molecule has 0 spiro atoms. The second-order valence-corrected chi connectivity index (χ2v) is 5.51. The third kappa shape index (κ3) is 2.00. The Labute approximate surface area is 95.5 Å². The molecule has 1 aromatic heterocycles. The Morgan fingerprint density at radius 1 is 1.57 bits per heavy atom. The maximum absolute atomic E-state index is 10.3. The van der Waals surface area contributed by atoms with Crippen LogP contribution in [0.3, 0.4) is 0 Å². The highest BCUT2D eigenvalue weighted by Gasteiger charge is 2.36. The summed E-state index contributed by atoms with van der Waals surface area (Å²) >= 11 is 4.81. The van der Waals surface area contributed by atoms with Crippen molar-refractivity contribution in [3.05, 3.63) is 15.0 Å². The van der Waals surface area contributed by atoms with Crippen LogP contribution in [0.25, 0.3) is 0 Å². The summed E-state index contributed by atoms with van der Waals surface area (Å²) in [5.41, 5.74) is 5.07. The Morgan fingerprint density at radius 2 is 2.21 bits per heavy atom. The number of nitrogens with zero attached hydrogens (tertiary/aromatic N) is 1. The molecular formula is C9H13BrN2OS. The van der Waals surface area contributed by atoms with E-state index in [0.717, 1.165) is 35.3 Å². The first kappa shape index (κ1) is 10.5. The van der Waals surface area contributed by atoms with Crippen molar-refractivity contribution >= 4 is 27.3 Å². The summed E-state index contributed by atoms with van der Waals surface area (Å²) in [6, 6.07) is 0.249. The highest BCUT2D eigenvalue weighted by molar-refractivity contribution is 9.10. The normalized spacial score (nSPS) is 33.2. The fraction of sp³-hybridized carbons (Fsp3) is 0.667. The van der Waals surface area contributed by atoms with Gasteiger partial charge in [-0.2, -0.15) is 0 Å². The Kier molecular flexibility index (Phi) is 2.93. The van der Waals surface area contributed by atoms with Crippen LogP contribution in [-0.2, 0) is 5.60 Å². The van der Waals surface area contributed by atoms with E-state index in [-0.39, 0.29) is 6.04 Å². The molecule has 1 aliphatic rings. The predicted octanol–water partition coefficient (Wildman–Crippen LogP) is 1.99. The van der Waals surface area contributed by atoms with Crippen molar-refractivity contribution < 1.29 is 5.11 Å². The van der Waals surface area contributed by atoms with Gasteiger partial charge in [0.2, 0.25) is 0 Å². The van der Waals surface area contributed by atoms with E-state index in [1.165, 1.54) is 11.3 Å². The summed E-state index contributed by atoms with van der Waals surface area (Å²) in [6.07, 6.45) is 3.23. The van der Waals surface area contributed by atoms with Crippen molar-refractivity contribution in [1.29, 1.82) is 0 Å². The van der Waals surface area contributed by atoms with Crippen LogP contribution >= 0.6 is 27.3 Å². The molecule has 1 aromatic rings. The van der Waals surface area contributed by atoms with E-state index in [0.29, 0.717) is 0 Å². The summed E-state index contributed by atoms with van der Waals surface area (Å²) < 4.78 is 0.806. The Balaban J connectivity index is 2.16. The highest BCUT2D eigenvalue weighted by Crippen LogP contribution is 2.38. The van der Waals surface area contributed by atoms with E-state index in [1.54, 1.807) is 0 Å². The first-order valence-corrected chi connectivity index (χ1v) is 6.37. The number of thiazole rings is 1. The van der Waals surface area contributed by atoms with Crippen LogP contribution in [0, 0.1) is 0 Å². The molecular weight excluding hydrogens is 264 g/mol. The van der Waals surface area contributed by atoms with E-state index in [9.17, 15) is 5.11 Å². The molecule has 0 radical (unpaired) electrons. The van der Waals surface area contributed by atoms with Crippen LogP contribution in [0.15, 0.2) is 9.98 Å². The molecule has 1 aliphatic carbocycles. The van der Waals surface area contributed by atoms with Crippen molar-refractivity contribution in [2.75, 3.05) is 0 Å². The average Bonchev–Trinajstić information content (AvgIpc) is 2.58. The van der Waals surface area contributed by atoms with Crippen LogP contribution in [0.4, 0.5) is 0 Å². The van der Waals surface area contributed by atoms with Gasteiger partial charge in [-0.05, 0) is 41.6 Å². The fourth-order valence-corrected chi connectivity index (χ4v) is 3.21. The van der Waals surface area contributed by atoms with E-state index < -0.39 is 5.60 Å². The topological polar surface area (TPSA) is 59.1 Å². The molecule has 78 valence electrons. The molecule has 0 aliphatic heterocycles. The van der Waals surface area contributed by atoms with Crippen LogP contribution in [0.5, 0.6) is 0 Å². The second-order valence-electron chi connectivity index (χ2n) is 3.84. The lowest BCUT2D eigenvalue weighted by Gasteiger charge is -2.32. The summed E-state index contributed by atoms with van der Waals surface area (Å²) in [7, 11) is 0. The first-order valence-electron chi connectivity index (χ1n) is 4.70. The van der Waals surface area contributed by atoms with Gasteiger partial charge in [0.1, 0.15) is 15.2 Å². The molecule has 0 atom stereocenters. The number of nitrogens with two attached hydrogens (primary N) is 1. The smallest absolute Gasteiger partial charge is 0.126 e.